The number of aromatic amines is 1. The Labute approximate surface area is 144 Å². The van der Waals surface area contributed by atoms with Crippen LogP contribution >= 0.6 is 0 Å². The fraction of sp³-hybridized carbons (Fsp3) is 0.632. The van der Waals surface area contributed by atoms with Gasteiger partial charge in [-0.05, 0) is 56.6 Å². The van der Waals surface area contributed by atoms with Gasteiger partial charge in [-0.25, -0.2) is 0 Å². The predicted octanol–water partition coefficient (Wildman–Crippen LogP) is 3.43. The number of ketones is 1. The molecule has 0 aliphatic heterocycles. The van der Waals surface area contributed by atoms with Gasteiger partial charge in [0, 0.05) is 11.9 Å². The van der Waals surface area contributed by atoms with Crippen LogP contribution in [0.15, 0.2) is 18.3 Å². The molecule has 1 amide bonds. The summed E-state index contributed by atoms with van der Waals surface area (Å²) in [6.07, 6.45) is 5.10. The van der Waals surface area contributed by atoms with E-state index in [1.165, 1.54) is 6.42 Å². The second-order valence-electron chi connectivity index (χ2n) is 7.48. The van der Waals surface area contributed by atoms with Crippen LogP contribution in [0, 0.1) is 28.6 Å². The summed E-state index contributed by atoms with van der Waals surface area (Å²) in [5.74, 6) is 0.850. The van der Waals surface area contributed by atoms with Crippen LogP contribution in [0.25, 0.3) is 0 Å². The van der Waals surface area contributed by atoms with Gasteiger partial charge in [0.1, 0.15) is 0 Å². The molecule has 5 heteroatoms. The van der Waals surface area contributed by atoms with Crippen LogP contribution in [-0.4, -0.2) is 28.9 Å². The van der Waals surface area contributed by atoms with Gasteiger partial charge in [0.05, 0.1) is 17.7 Å². The summed E-state index contributed by atoms with van der Waals surface area (Å²) in [7, 11) is 0. The molecule has 2 rings (SSSR count). The zero-order valence-electron chi connectivity index (χ0n) is 15.1. The minimum absolute atomic E-state index is 0.0456. The number of nitrogens with one attached hydrogen (secondary N) is 3. The molecular weight excluding hydrogens is 302 g/mol. The highest BCUT2D eigenvalue weighted by atomic mass is 16.2. The fourth-order valence-corrected chi connectivity index (χ4v) is 3.84. The normalized spacial score (nSPS) is 24.2. The first-order valence-corrected chi connectivity index (χ1v) is 8.77. The van der Waals surface area contributed by atoms with E-state index in [2.05, 4.69) is 24.1 Å². The van der Waals surface area contributed by atoms with Crippen molar-refractivity contribution in [2.45, 2.75) is 47.0 Å². The summed E-state index contributed by atoms with van der Waals surface area (Å²) in [6.45, 7) is 7.82. The monoisotopic (exact) mass is 331 g/mol. The zero-order chi connectivity index (χ0) is 17.9. The predicted molar refractivity (Wildman–Crippen MR) is 95.3 cm³/mol. The molecule has 0 saturated heterocycles. The highest BCUT2D eigenvalue weighted by molar-refractivity contribution is 6.07. The van der Waals surface area contributed by atoms with Crippen LogP contribution in [0.4, 0.5) is 0 Å². The van der Waals surface area contributed by atoms with Gasteiger partial charge in [-0.3, -0.25) is 9.59 Å². The Morgan fingerprint density at radius 3 is 2.67 bits per heavy atom. The van der Waals surface area contributed by atoms with Crippen LogP contribution in [-0.2, 0) is 4.79 Å². The molecule has 0 spiro atoms. The number of H-pyrrole nitrogens is 1. The molecule has 132 valence electrons. The van der Waals surface area contributed by atoms with Gasteiger partial charge in [0.2, 0.25) is 5.91 Å². The summed E-state index contributed by atoms with van der Waals surface area (Å²) >= 11 is 0. The third-order valence-electron chi connectivity index (χ3n) is 5.91. The summed E-state index contributed by atoms with van der Waals surface area (Å²) in [5.41, 5.74) is -0.0225. The average molecular weight is 331 g/mol. The molecule has 1 aromatic rings. The van der Waals surface area contributed by atoms with Gasteiger partial charge in [0.15, 0.2) is 5.78 Å². The lowest BCUT2D eigenvalue weighted by Gasteiger charge is -2.37. The van der Waals surface area contributed by atoms with E-state index in [1.807, 2.05) is 6.92 Å². The molecule has 24 heavy (non-hydrogen) atoms. The highest BCUT2D eigenvalue weighted by Crippen LogP contribution is 2.43. The number of aromatic nitrogens is 1. The van der Waals surface area contributed by atoms with Crippen LogP contribution in [0.5, 0.6) is 0 Å². The fourth-order valence-electron chi connectivity index (χ4n) is 3.84. The van der Waals surface area contributed by atoms with E-state index < -0.39 is 5.41 Å². The Hall–Kier alpha value is -1.91. The van der Waals surface area contributed by atoms with Crippen LogP contribution in [0.2, 0.25) is 0 Å². The summed E-state index contributed by atoms with van der Waals surface area (Å²) in [4.78, 5) is 27.8. The lowest BCUT2D eigenvalue weighted by atomic mass is 9.67. The summed E-state index contributed by atoms with van der Waals surface area (Å²) in [5, 5.41) is 11.0. The molecule has 0 radical (unpaired) electrons. The smallest absolute Gasteiger partial charge is 0.232 e. The van der Waals surface area contributed by atoms with Crippen molar-refractivity contribution >= 4 is 17.4 Å². The second kappa shape index (κ2) is 7.32. The molecule has 1 aliphatic rings. The molecule has 1 aromatic heterocycles. The molecule has 4 unspecified atom stereocenters. The Balaban J connectivity index is 2.06. The molecule has 3 N–H and O–H groups in total. The largest absolute Gasteiger partial charge is 0.359 e. The molecule has 0 aromatic carbocycles. The SMILES string of the molecule is CC(=N)C(C)(C(=O)NCC(=O)c1ccc[nH]1)C(C)C1CCC(C)C1. The lowest BCUT2D eigenvalue weighted by molar-refractivity contribution is -0.129. The van der Waals surface area contributed by atoms with Gasteiger partial charge in [-0.15, -0.1) is 0 Å². The Bertz CT molecular complexity index is 608. The van der Waals surface area contributed by atoms with Crippen molar-refractivity contribution in [1.82, 2.24) is 10.3 Å². The second-order valence-corrected chi connectivity index (χ2v) is 7.48. The molecular formula is C19H29N3O2. The first-order chi connectivity index (χ1) is 11.3. The van der Waals surface area contributed by atoms with Gasteiger partial charge in [-0.2, -0.15) is 0 Å². The van der Waals surface area contributed by atoms with Gasteiger partial charge >= 0.3 is 0 Å². The molecule has 0 bridgehead atoms. The first kappa shape index (κ1) is 18.4. The Kier molecular flexibility index (Phi) is 5.62. The number of carbonyl (C=O) groups excluding carboxylic acids is 2. The van der Waals surface area contributed by atoms with Crippen molar-refractivity contribution in [1.29, 1.82) is 5.41 Å². The van der Waals surface area contributed by atoms with E-state index in [-0.39, 0.29) is 24.2 Å². The van der Waals surface area contributed by atoms with E-state index >= 15 is 0 Å². The molecule has 1 fully saturated rings. The minimum atomic E-state index is -0.870. The molecule has 1 saturated carbocycles. The number of hydrogen-bond donors (Lipinski definition) is 3. The van der Waals surface area contributed by atoms with Gasteiger partial charge in [-0.1, -0.05) is 20.3 Å². The van der Waals surface area contributed by atoms with Crippen LogP contribution < -0.4 is 5.32 Å². The van der Waals surface area contributed by atoms with Crippen LogP contribution in [0.1, 0.15) is 57.4 Å². The number of carbonyl (C=O) groups is 2. The maximum absolute atomic E-state index is 12.8. The number of Topliss-reactive ketones (excluding diaryl/α,β-unsaturated/α-hetero) is 1. The van der Waals surface area contributed by atoms with Crippen molar-refractivity contribution in [3.8, 4) is 0 Å². The minimum Gasteiger partial charge on any atom is -0.359 e. The van der Waals surface area contributed by atoms with Gasteiger partial charge in [0.25, 0.3) is 0 Å². The maximum atomic E-state index is 12.8. The standard InChI is InChI=1S/C19H29N3O2/c1-12-7-8-15(10-12)13(2)19(4,14(3)20)18(24)22-11-17(23)16-6-5-9-21-16/h5-6,9,12-13,15,20-21H,7-8,10-11H2,1-4H3,(H,22,24). The van der Waals surface area contributed by atoms with Crippen molar-refractivity contribution in [2.24, 2.45) is 23.2 Å². The molecule has 5 nitrogen and oxygen atoms in total. The van der Waals surface area contributed by atoms with E-state index in [9.17, 15) is 9.59 Å². The molecule has 1 heterocycles. The van der Waals surface area contributed by atoms with Crippen molar-refractivity contribution in [3.63, 3.8) is 0 Å². The van der Waals surface area contributed by atoms with Crippen molar-refractivity contribution in [2.75, 3.05) is 6.54 Å². The Morgan fingerprint density at radius 2 is 2.17 bits per heavy atom. The number of hydrogen-bond acceptors (Lipinski definition) is 3. The average Bonchev–Trinajstić information content (AvgIpc) is 3.21. The van der Waals surface area contributed by atoms with E-state index in [1.54, 1.807) is 25.3 Å². The van der Waals surface area contributed by atoms with E-state index in [0.717, 1.165) is 12.8 Å². The maximum Gasteiger partial charge on any atom is 0.232 e. The number of rotatable bonds is 7. The van der Waals surface area contributed by atoms with Crippen LogP contribution in [0.3, 0.4) is 0 Å². The molecule has 1 aliphatic carbocycles. The topological polar surface area (TPSA) is 85.8 Å². The van der Waals surface area contributed by atoms with E-state index in [0.29, 0.717) is 23.2 Å². The third kappa shape index (κ3) is 3.60. The third-order valence-corrected chi connectivity index (χ3v) is 5.91. The quantitative estimate of drug-likeness (QED) is 0.528. The van der Waals surface area contributed by atoms with Gasteiger partial charge < -0.3 is 15.7 Å². The van der Waals surface area contributed by atoms with E-state index in [4.69, 9.17) is 5.41 Å². The number of amides is 1. The first-order valence-electron chi connectivity index (χ1n) is 8.77. The van der Waals surface area contributed by atoms with Crippen molar-refractivity contribution < 1.29 is 9.59 Å². The summed E-state index contributed by atoms with van der Waals surface area (Å²) in [6, 6.07) is 3.45. The summed E-state index contributed by atoms with van der Waals surface area (Å²) < 4.78 is 0. The Morgan fingerprint density at radius 1 is 1.46 bits per heavy atom. The highest BCUT2D eigenvalue weighted by Gasteiger charge is 2.45. The lowest BCUT2D eigenvalue weighted by Crippen LogP contribution is -2.50. The van der Waals surface area contributed by atoms with Crippen molar-refractivity contribution in [3.05, 3.63) is 24.0 Å². The molecule has 4 atom stereocenters. The zero-order valence-corrected chi connectivity index (χ0v) is 15.1.